The van der Waals surface area contributed by atoms with Gasteiger partial charge >= 0.3 is 0 Å². The van der Waals surface area contributed by atoms with Crippen LogP contribution in [0.25, 0.3) is 0 Å². The molecule has 0 radical (unpaired) electrons. The molecule has 2 rings (SSSR count). The van der Waals surface area contributed by atoms with Crippen molar-refractivity contribution in [2.24, 2.45) is 5.92 Å². The maximum absolute atomic E-state index is 3.75. The summed E-state index contributed by atoms with van der Waals surface area (Å²) in [4.78, 5) is 2.54. The van der Waals surface area contributed by atoms with E-state index in [0.29, 0.717) is 12.1 Å². The molecule has 0 aromatic heterocycles. The van der Waals surface area contributed by atoms with Gasteiger partial charge in [-0.2, -0.15) is 0 Å². The summed E-state index contributed by atoms with van der Waals surface area (Å²) in [5.41, 5.74) is 2.67. The van der Waals surface area contributed by atoms with E-state index in [-0.39, 0.29) is 0 Å². The molecule has 0 amide bonds. The highest BCUT2D eigenvalue weighted by molar-refractivity contribution is 9.10. The van der Waals surface area contributed by atoms with Gasteiger partial charge in [0.25, 0.3) is 0 Å². The minimum absolute atomic E-state index is 0.393. The van der Waals surface area contributed by atoms with E-state index < -0.39 is 0 Å². The summed E-state index contributed by atoms with van der Waals surface area (Å²) in [6.45, 7) is 8.06. The van der Waals surface area contributed by atoms with Crippen LogP contribution in [0, 0.1) is 5.92 Å². The Morgan fingerprint density at radius 1 is 1.37 bits per heavy atom. The van der Waals surface area contributed by atoms with Crippen LogP contribution in [-0.4, -0.2) is 19.6 Å². The maximum atomic E-state index is 3.75. The number of rotatable bonds is 3. The molecule has 1 aliphatic rings. The normalized spacial score (nSPS) is 25.4. The molecular formula is C16H25BrN2. The number of nitrogens with one attached hydrogen (secondary N) is 1. The fourth-order valence-electron chi connectivity index (χ4n) is 2.96. The van der Waals surface area contributed by atoms with Crippen LogP contribution < -0.4 is 10.2 Å². The quantitative estimate of drug-likeness (QED) is 0.888. The highest BCUT2D eigenvalue weighted by atomic mass is 79.9. The van der Waals surface area contributed by atoms with Crippen molar-refractivity contribution in [2.75, 3.05) is 18.5 Å². The first-order valence-electron chi connectivity index (χ1n) is 7.26. The van der Waals surface area contributed by atoms with Gasteiger partial charge in [-0.1, -0.05) is 13.0 Å². The zero-order valence-electron chi connectivity index (χ0n) is 12.4. The predicted octanol–water partition coefficient (Wildman–Crippen LogP) is 4.35. The molecule has 1 aliphatic heterocycles. The van der Waals surface area contributed by atoms with Gasteiger partial charge in [-0.3, -0.25) is 0 Å². The van der Waals surface area contributed by atoms with Crippen LogP contribution in [-0.2, 0) is 0 Å². The lowest BCUT2D eigenvalue weighted by Crippen LogP contribution is -2.40. The molecule has 0 spiro atoms. The summed E-state index contributed by atoms with van der Waals surface area (Å²) >= 11 is 3.75. The van der Waals surface area contributed by atoms with Crippen molar-refractivity contribution in [3.8, 4) is 0 Å². The number of piperidine rings is 1. The van der Waals surface area contributed by atoms with Gasteiger partial charge < -0.3 is 10.2 Å². The van der Waals surface area contributed by atoms with Crippen LogP contribution in [0.1, 0.15) is 45.2 Å². The molecule has 1 aromatic carbocycles. The van der Waals surface area contributed by atoms with E-state index in [0.717, 1.165) is 5.92 Å². The second-order valence-corrected chi connectivity index (χ2v) is 6.75. The number of hydrogen-bond donors (Lipinski definition) is 1. The fraction of sp³-hybridized carbons (Fsp3) is 0.625. The minimum Gasteiger partial charge on any atom is -0.368 e. The molecule has 3 atom stereocenters. The second-order valence-electron chi connectivity index (χ2n) is 5.89. The van der Waals surface area contributed by atoms with Crippen molar-refractivity contribution in [1.82, 2.24) is 5.32 Å². The zero-order valence-corrected chi connectivity index (χ0v) is 14.0. The van der Waals surface area contributed by atoms with Crippen molar-refractivity contribution in [1.29, 1.82) is 0 Å². The SMILES string of the molecule is CNC(C)c1ccc(N2CCC(C)CC2C)c(Br)c1. The molecule has 1 fully saturated rings. The molecule has 1 N–H and O–H groups in total. The Balaban J connectivity index is 2.21. The standard InChI is InChI=1S/C16H25BrN2/c1-11-7-8-19(12(2)9-11)16-6-5-14(10-15(16)17)13(3)18-4/h5-6,10-13,18H,7-9H2,1-4H3. The third kappa shape index (κ3) is 3.32. The van der Waals surface area contributed by atoms with Crippen LogP contribution >= 0.6 is 15.9 Å². The zero-order chi connectivity index (χ0) is 14.0. The van der Waals surface area contributed by atoms with Gasteiger partial charge in [0.2, 0.25) is 0 Å². The lowest BCUT2D eigenvalue weighted by Gasteiger charge is -2.39. The summed E-state index contributed by atoms with van der Waals surface area (Å²) < 4.78 is 1.22. The van der Waals surface area contributed by atoms with Gasteiger partial charge in [-0.25, -0.2) is 0 Å². The van der Waals surface area contributed by atoms with Crippen LogP contribution in [0.15, 0.2) is 22.7 Å². The Kier molecular flexibility index (Phi) is 4.91. The third-order valence-electron chi connectivity index (χ3n) is 4.35. The Bertz CT molecular complexity index is 433. The van der Waals surface area contributed by atoms with Crippen molar-refractivity contribution in [3.63, 3.8) is 0 Å². The Morgan fingerprint density at radius 3 is 2.68 bits per heavy atom. The lowest BCUT2D eigenvalue weighted by molar-refractivity contribution is 0.377. The predicted molar refractivity (Wildman–Crippen MR) is 86.8 cm³/mol. The van der Waals surface area contributed by atoms with Crippen molar-refractivity contribution in [2.45, 2.75) is 45.7 Å². The summed E-state index contributed by atoms with van der Waals surface area (Å²) in [5, 5.41) is 3.29. The fourth-order valence-corrected chi connectivity index (χ4v) is 3.58. The average molecular weight is 325 g/mol. The summed E-state index contributed by atoms with van der Waals surface area (Å²) in [5.74, 6) is 0.855. The molecule has 2 nitrogen and oxygen atoms in total. The van der Waals surface area contributed by atoms with Crippen molar-refractivity contribution < 1.29 is 0 Å². The highest BCUT2D eigenvalue weighted by Crippen LogP contribution is 2.34. The highest BCUT2D eigenvalue weighted by Gasteiger charge is 2.24. The van der Waals surface area contributed by atoms with Gasteiger partial charge in [0.1, 0.15) is 0 Å². The van der Waals surface area contributed by atoms with Crippen LogP contribution in [0.3, 0.4) is 0 Å². The van der Waals surface area contributed by atoms with E-state index in [2.05, 4.69) is 65.1 Å². The van der Waals surface area contributed by atoms with E-state index >= 15 is 0 Å². The topological polar surface area (TPSA) is 15.3 Å². The number of benzene rings is 1. The van der Waals surface area contributed by atoms with Crippen LogP contribution in [0.5, 0.6) is 0 Å². The number of hydrogen-bond acceptors (Lipinski definition) is 2. The monoisotopic (exact) mass is 324 g/mol. The van der Waals surface area contributed by atoms with E-state index in [1.165, 1.54) is 35.1 Å². The molecule has 0 saturated carbocycles. The molecule has 3 heteroatoms. The largest absolute Gasteiger partial charge is 0.368 e. The molecule has 1 heterocycles. The number of anilines is 1. The first-order chi connectivity index (χ1) is 9.02. The van der Waals surface area contributed by atoms with E-state index in [9.17, 15) is 0 Å². The number of halogens is 1. The van der Waals surface area contributed by atoms with Crippen molar-refractivity contribution >= 4 is 21.6 Å². The first kappa shape index (κ1) is 14.9. The molecule has 19 heavy (non-hydrogen) atoms. The molecule has 0 aliphatic carbocycles. The smallest absolute Gasteiger partial charge is 0.0513 e. The van der Waals surface area contributed by atoms with Gasteiger partial charge in [-0.15, -0.1) is 0 Å². The summed E-state index contributed by atoms with van der Waals surface area (Å²) in [6, 6.07) is 7.78. The summed E-state index contributed by atoms with van der Waals surface area (Å²) in [6.07, 6.45) is 2.59. The molecule has 0 bridgehead atoms. The van der Waals surface area contributed by atoms with E-state index in [1.807, 2.05) is 7.05 Å². The molecule has 3 unspecified atom stereocenters. The van der Waals surface area contributed by atoms with Gasteiger partial charge in [0.05, 0.1) is 5.69 Å². The Morgan fingerprint density at radius 2 is 2.11 bits per heavy atom. The number of nitrogens with zero attached hydrogens (tertiary/aromatic N) is 1. The van der Waals surface area contributed by atoms with Gasteiger partial charge in [0.15, 0.2) is 0 Å². The van der Waals surface area contributed by atoms with Gasteiger partial charge in [0, 0.05) is 23.1 Å². The summed E-state index contributed by atoms with van der Waals surface area (Å²) in [7, 11) is 2.00. The first-order valence-corrected chi connectivity index (χ1v) is 8.05. The van der Waals surface area contributed by atoms with E-state index in [4.69, 9.17) is 0 Å². The minimum atomic E-state index is 0.393. The van der Waals surface area contributed by atoms with E-state index in [1.54, 1.807) is 0 Å². The van der Waals surface area contributed by atoms with Crippen LogP contribution in [0.2, 0.25) is 0 Å². The molecule has 1 saturated heterocycles. The van der Waals surface area contributed by atoms with Crippen molar-refractivity contribution in [3.05, 3.63) is 28.2 Å². The average Bonchev–Trinajstić information content (AvgIpc) is 2.38. The molecular weight excluding hydrogens is 300 g/mol. The Hall–Kier alpha value is -0.540. The third-order valence-corrected chi connectivity index (χ3v) is 4.99. The Labute approximate surface area is 125 Å². The second kappa shape index (κ2) is 6.27. The van der Waals surface area contributed by atoms with Crippen LogP contribution in [0.4, 0.5) is 5.69 Å². The molecule has 106 valence electrons. The van der Waals surface area contributed by atoms with Gasteiger partial charge in [-0.05, 0) is 73.3 Å². The maximum Gasteiger partial charge on any atom is 0.0513 e. The lowest BCUT2D eigenvalue weighted by atomic mass is 9.93. The molecule has 1 aromatic rings.